The van der Waals surface area contributed by atoms with Crippen LogP contribution >= 0.6 is 11.6 Å². The molecular weight excluding hydrogens is 310 g/mol. The Balaban J connectivity index is 2.05. The summed E-state index contributed by atoms with van der Waals surface area (Å²) in [6.45, 7) is 0.399. The number of aliphatic hydroxyl groups excluding tert-OH is 1. The average Bonchev–Trinajstić information content (AvgIpc) is 3.01. The fourth-order valence-corrected chi connectivity index (χ4v) is 2.37. The summed E-state index contributed by atoms with van der Waals surface area (Å²) in [6, 6.07) is 17.4. The highest BCUT2D eigenvalue weighted by Gasteiger charge is 2.10. The normalized spacial score (nSPS) is 11.2. The number of aromatic nitrogens is 2. The summed E-state index contributed by atoms with van der Waals surface area (Å²) in [4.78, 5) is 4.22. The third-order valence-corrected chi connectivity index (χ3v) is 3.59. The maximum absolute atomic E-state index is 8.90. The molecule has 0 amide bonds. The van der Waals surface area contributed by atoms with Crippen molar-refractivity contribution < 1.29 is 5.11 Å². The maximum atomic E-state index is 8.90. The molecule has 1 heterocycles. The summed E-state index contributed by atoms with van der Waals surface area (Å²) in [7, 11) is 0. The van der Waals surface area contributed by atoms with Crippen molar-refractivity contribution >= 4 is 17.8 Å². The van der Waals surface area contributed by atoms with Gasteiger partial charge in [0, 0.05) is 28.6 Å². The van der Waals surface area contributed by atoms with Gasteiger partial charge in [0.05, 0.1) is 18.8 Å². The third-order valence-electron chi connectivity index (χ3n) is 3.34. The molecule has 0 atom stereocenters. The predicted octanol–water partition coefficient (Wildman–Crippen LogP) is 3.60. The lowest BCUT2D eigenvalue weighted by atomic mass is 10.1. The Bertz CT molecular complexity index is 795. The van der Waals surface area contributed by atoms with Crippen LogP contribution in [-0.4, -0.2) is 34.3 Å². The monoisotopic (exact) mass is 325 g/mol. The highest BCUT2D eigenvalue weighted by molar-refractivity contribution is 6.30. The van der Waals surface area contributed by atoms with Crippen molar-refractivity contribution in [3.63, 3.8) is 0 Å². The van der Waals surface area contributed by atoms with Gasteiger partial charge in [-0.2, -0.15) is 5.10 Å². The molecule has 2 aromatic carbocycles. The lowest BCUT2D eigenvalue weighted by Gasteiger charge is -2.00. The Hall–Kier alpha value is -2.43. The van der Waals surface area contributed by atoms with E-state index in [4.69, 9.17) is 16.7 Å². The van der Waals surface area contributed by atoms with E-state index in [0.717, 1.165) is 22.5 Å². The second kappa shape index (κ2) is 7.22. The van der Waals surface area contributed by atoms with Crippen molar-refractivity contribution in [2.75, 3.05) is 13.2 Å². The zero-order valence-electron chi connectivity index (χ0n) is 12.4. The van der Waals surface area contributed by atoms with E-state index in [2.05, 4.69) is 10.1 Å². The van der Waals surface area contributed by atoms with Gasteiger partial charge in [-0.1, -0.05) is 41.9 Å². The molecule has 1 aromatic heterocycles. The van der Waals surface area contributed by atoms with Crippen LogP contribution in [0.4, 0.5) is 0 Å². The number of para-hydroxylation sites is 1. The zero-order chi connectivity index (χ0) is 16.1. The number of hydrogen-bond donors (Lipinski definition) is 1. The molecule has 4 nitrogen and oxygen atoms in total. The molecule has 0 aliphatic rings. The molecule has 5 heteroatoms. The Kier molecular flexibility index (Phi) is 4.86. The minimum Gasteiger partial charge on any atom is -0.394 e. The lowest BCUT2D eigenvalue weighted by Crippen LogP contribution is -1.93. The van der Waals surface area contributed by atoms with Crippen LogP contribution in [0, 0.1) is 0 Å². The molecule has 3 aromatic rings. The molecule has 3 rings (SSSR count). The molecule has 0 unspecified atom stereocenters. The van der Waals surface area contributed by atoms with Crippen LogP contribution < -0.4 is 0 Å². The molecule has 0 fully saturated rings. The van der Waals surface area contributed by atoms with Crippen LogP contribution in [0.15, 0.2) is 65.8 Å². The van der Waals surface area contributed by atoms with Gasteiger partial charge in [-0.3, -0.25) is 4.99 Å². The van der Waals surface area contributed by atoms with Crippen molar-refractivity contribution in [1.29, 1.82) is 0 Å². The Morgan fingerprint density at radius 2 is 1.83 bits per heavy atom. The van der Waals surface area contributed by atoms with Gasteiger partial charge in [0.15, 0.2) is 0 Å². The van der Waals surface area contributed by atoms with Crippen LogP contribution in [0.3, 0.4) is 0 Å². The second-order valence-electron chi connectivity index (χ2n) is 4.98. The quantitative estimate of drug-likeness (QED) is 0.729. The average molecular weight is 326 g/mol. The van der Waals surface area contributed by atoms with Crippen molar-refractivity contribution in [3.8, 4) is 16.9 Å². The first-order chi connectivity index (χ1) is 11.3. The summed E-state index contributed by atoms with van der Waals surface area (Å²) >= 11 is 5.96. The van der Waals surface area contributed by atoms with E-state index in [9.17, 15) is 0 Å². The molecule has 23 heavy (non-hydrogen) atoms. The second-order valence-corrected chi connectivity index (χ2v) is 5.42. The molecule has 116 valence electrons. The van der Waals surface area contributed by atoms with Crippen LogP contribution in [0.2, 0.25) is 5.02 Å². The standard InChI is InChI=1S/C18H16ClN3O/c19-16-8-6-14(7-9-16)18-15(12-20-10-11-23)13-22(21-18)17-4-2-1-3-5-17/h1-9,12-13,23H,10-11H2. The minimum atomic E-state index is 0.0274. The van der Waals surface area contributed by atoms with Crippen LogP contribution in [-0.2, 0) is 0 Å². The molecule has 1 N–H and O–H groups in total. The van der Waals surface area contributed by atoms with E-state index in [0.29, 0.717) is 11.6 Å². The Labute approximate surface area is 139 Å². The van der Waals surface area contributed by atoms with Crippen molar-refractivity contribution in [3.05, 3.63) is 71.4 Å². The molecule has 0 spiro atoms. The number of aliphatic hydroxyl groups is 1. The van der Waals surface area contributed by atoms with Crippen molar-refractivity contribution in [2.45, 2.75) is 0 Å². The first-order valence-corrected chi connectivity index (χ1v) is 7.67. The summed E-state index contributed by atoms with van der Waals surface area (Å²) in [5, 5.41) is 14.3. The minimum absolute atomic E-state index is 0.0274. The fourth-order valence-electron chi connectivity index (χ4n) is 2.25. The SMILES string of the molecule is OCCN=Cc1cn(-c2ccccc2)nc1-c1ccc(Cl)cc1. The van der Waals surface area contributed by atoms with E-state index < -0.39 is 0 Å². The summed E-state index contributed by atoms with van der Waals surface area (Å²) in [5.41, 5.74) is 3.66. The molecule has 0 radical (unpaired) electrons. The molecule has 0 aliphatic carbocycles. The van der Waals surface area contributed by atoms with Crippen LogP contribution in [0.1, 0.15) is 5.56 Å². The number of aliphatic imine (C=N–C) groups is 1. The number of hydrogen-bond acceptors (Lipinski definition) is 3. The van der Waals surface area contributed by atoms with E-state index in [1.807, 2.05) is 65.5 Å². The number of rotatable bonds is 5. The maximum Gasteiger partial charge on any atom is 0.101 e. The van der Waals surface area contributed by atoms with E-state index in [1.54, 1.807) is 6.21 Å². The number of halogens is 1. The highest BCUT2D eigenvalue weighted by Crippen LogP contribution is 2.24. The smallest absolute Gasteiger partial charge is 0.101 e. The van der Waals surface area contributed by atoms with Gasteiger partial charge in [-0.15, -0.1) is 0 Å². The molecule has 0 bridgehead atoms. The largest absolute Gasteiger partial charge is 0.394 e. The summed E-state index contributed by atoms with van der Waals surface area (Å²) in [5.74, 6) is 0. The van der Waals surface area contributed by atoms with Gasteiger partial charge >= 0.3 is 0 Å². The molecule has 0 saturated carbocycles. The molecular formula is C18H16ClN3O. The number of nitrogens with zero attached hydrogens (tertiary/aromatic N) is 3. The van der Waals surface area contributed by atoms with Gasteiger partial charge in [0.2, 0.25) is 0 Å². The highest BCUT2D eigenvalue weighted by atomic mass is 35.5. The fraction of sp³-hybridized carbons (Fsp3) is 0.111. The van der Waals surface area contributed by atoms with Crippen LogP contribution in [0.5, 0.6) is 0 Å². The van der Waals surface area contributed by atoms with Crippen LogP contribution in [0.25, 0.3) is 16.9 Å². The van der Waals surface area contributed by atoms with Gasteiger partial charge < -0.3 is 5.11 Å². The lowest BCUT2D eigenvalue weighted by molar-refractivity contribution is 0.307. The van der Waals surface area contributed by atoms with Gasteiger partial charge in [-0.05, 0) is 24.3 Å². The summed E-state index contributed by atoms with van der Waals surface area (Å²) in [6.07, 6.45) is 3.67. The Morgan fingerprint density at radius 1 is 1.09 bits per heavy atom. The number of benzene rings is 2. The van der Waals surface area contributed by atoms with Gasteiger partial charge in [0.1, 0.15) is 5.69 Å². The topological polar surface area (TPSA) is 50.4 Å². The van der Waals surface area contributed by atoms with E-state index in [1.165, 1.54) is 0 Å². The van der Waals surface area contributed by atoms with Crippen molar-refractivity contribution in [2.24, 2.45) is 4.99 Å². The zero-order valence-corrected chi connectivity index (χ0v) is 13.2. The molecule has 0 saturated heterocycles. The molecule has 0 aliphatic heterocycles. The first kappa shape index (κ1) is 15.5. The predicted molar refractivity (Wildman–Crippen MR) is 93.6 cm³/mol. The van der Waals surface area contributed by atoms with Gasteiger partial charge in [-0.25, -0.2) is 4.68 Å². The van der Waals surface area contributed by atoms with E-state index in [-0.39, 0.29) is 6.61 Å². The first-order valence-electron chi connectivity index (χ1n) is 7.29. The van der Waals surface area contributed by atoms with Crippen molar-refractivity contribution in [1.82, 2.24) is 9.78 Å². The summed E-state index contributed by atoms with van der Waals surface area (Å²) < 4.78 is 1.82. The Morgan fingerprint density at radius 3 is 2.52 bits per heavy atom. The van der Waals surface area contributed by atoms with Gasteiger partial charge in [0.25, 0.3) is 0 Å². The third kappa shape index (κ3) is 3.67. The van der Waals surface area contributed by atoms with E-state index >= 15 is 0 Å².